The minimum atomic E-state index is -0.674. The number of benzene rings is 2. The maximum absolute atomic E-state index is 14.7. The van der Waals surface area contributed by atoms with Crippen LogP contribution in [0.2, 0.25) is 0 Å². The number of anilines is 2. The molecule has 34 heavy (non-hydrogen) atoms. The Hall–Kier alpha value is -4.02. The molecule has 0 saturated carbocycles. The first kappa shape index (κ1) is 23.1. The van der Waals surface area contributed by atoms with Gasteiger partial charge in [0.25, 0.3) is 0 Å². The van der Waals surface area contributed by atoms with Crippen molar-refractivity contribution in [2.45, 2.75) is 19.1 Å². The van der Waals surface area contributed by atoms with Gasteiger partial charge in [-0.25, -0.2) is 14.0 Å². The molecule has 0 radical (unpaired) electrons. The molecular formula is C23H24FN3O7. The van der Waals surface area contributed by atoms with Crippen LogP contribution in [0.5, 0.6) is 11.5 Å². The topological polar surface area (TPSA) is 107 Å². The number of amides is 3. The lowest BCUT2D eigenvalue weighted by atomic mass is 10.2. The number of cyclic esters (lactones) is 2. The van der Waals surface area contributed by atoms with Crippen molar-refractivity contribution in [2.75, 3.05) is 43.2 Å². The van der Waals surface area contributed by atoms with Crippen LogP contribution in [-0.4, -0.2) is 63.7 Å². The predicted molar refractivity (Wildman–Crippen MR) is 119 cm³/mol. The summed E-state index contributed by atoms with van der Waals surface area (Å²) in [4.78, 5) is 38.1. The lowest BCUT2D eigenvalue weighted by Gasteiger charge is -2.16. The van der Waals surface area contributed by atoms with Crippen LogP contribution in [-0.2, 0) is 14.3 Å². The second-order valence-corrected chi connectivity index (χ2v) is 7.79. The summed E-state index contributed by atoms with van der Waals surface area (Å²) in [5.74, 6) is -0.278. The van der Waals surface area contributed by atoms with Gasteiger partial charge in [0.15, 0.2) is 17.7 Å². The summed E-state index contributed by atoms with van der Waals surface area (Å²) in [6.07, 6.45) is -2.26. The smallest absolute Gasteiger partial charge is 0.414 e. The lowest BCUT2D eigenvalue weighted by molar-refractivity contribution is -0.119. The van der Waals surface area contributed by atoms with E-state index in [0.717, 1.165) is 0 Å². The molecule has 2 fully saturated rings. The van der Waals surface area contributed by atoms with Gasteiger partial charge in [0.1, 0.15) is 18.5 Å². The Morgan fingerprint density at radius 2 is 1.65 bits per heavy atom. The number of hydrogen-bond donors (Lipinski definition) is 1. The Morgan fingerprint density at radius 3 is 2.29 bits per heavy atom. The van der Waals surface area contributed by atoms with Gasteiger partial charge >= 0.3 is 12.2 Å². The number of rotatable bonds is 8. The van der Waals surface area contributed by atoms with E-state index in [1.165, 1.54) is 34.9 Å². The molecule has 2 aromatic carbocycles. The first-order chi connectivity index (χ1) is 16.3. The van der Waals surface area contributed by atoms with Crippen molar-refractivity contribution < 1.29 is 37.7 Å². The highest BCUT2D eigenvalue weighted by Crippen LogP contribution is 2.28. The van der Waals surface area contributed by atoms with Crippen molar-refractivity contribution in [3.05, 3.63) is 48.3 Å². The van der Waals surface area contributed by atoms with E-state index in [2.05, 4.69) is 5.32 Å². The first-order valence-corrected chi connectivity index (χ1v) is 10.6. The monoisotopic (exact) mass is 473 g/mol. The fourth-order valence-electron chi connectivity index (χ4n) is 3.64. The van der Waals surface area contributed by atoms with Crippen molar-refractivity contribution in [1.29, 1.82) is 0 Å². The summed E-state index contributed by atoms with van der Waals surface area (Å²) >= 11 is 0. The van der Waals surface area contributed by atoms with Crippen molar-refractivity contribution in [2.24, 2.45) is 0 Å². The van der Waals surface area contributed by atoms with E-state index in [1.807, 2.05) is 0 Å². The number of ether oxygens (including phenoxy) is 4. The molecule has 0 spiro atoms. The zero-order valence-corrected chi connectivity index (χ0v) is 18.7. The number of carbonyl (C=O) groups excluding carboxylic acids is 3. The van der Waals surface area contributed by atoms with E-state index in [-0.39, 0.29) is 37.9 Å². The average Bonchev–Trinajstić information content (AvgIpc) is 3.38. The van der Waals surface area contributed by atoms with Crippen LogP contribution < -0.4 is 24.6 Å². The zero-order chi connectivity index (χ0) is 24.2. The number of hydrogen-bond acceptors (Lipinski definition) is 7. The molecule has 0 aliphatic carbocycles. The Bertz CT molecular complexity index is 1080. The van der Waals surface area contributed by atoms with Gasteiger partial charge in [-0.15, -0.1) is 0 Å². The number of carbonyl (C=O) groups is 3. The summed E-state index contributed by atoms with van der Waals surface area (Å²) in [6.45, 7) is 1.93. The quantitative estimate of drug-likeness (QED) is 0.628. The van der Waals surface area contributed by atoms with E-state index in [9.17, 15) is 18.8 Å². The Labute approximate surface area is 195 Å². The molecule has 0 aromatic heterocycles. The summed E-state index contributed by atoms with van der Waals surface area (Å²) < 4.78 is 35.8. The van der Waals surface area contributed by atoms with E-state index >= 15 is 0 Å². The van der Waals surface area contributed by atoms with Crippen LogP contribution >= 0.6 is 0 Å². The maximum Gasteiger partial charge on any atom is 0.414 e. The van der Waals surface area contributed by atoms with Crippen molar-refractivity contribution in [3.8, 4) is 11.5 Å². The molecule has 2 aromatic rings. The fraction of sp³-hybridized carbons (Fsp3) is 0.348. The number of methoxy groups -OCH3 is 1. The normalized spacial score (nSPS) is 19.6. The van der Waals surface area contributed by atoms with Gasteiger partial charge in [-0.05, 0) is 36.4 Å². The van der Waals surface area contributed by atoms with E-state index in [1.54, 1.807) is 31.4 Å². The van der Waals surface area contributed by atoms with Gasteiger partial charge in [0.2, 0.25) is 5.91 Å². The van der Waals surface area contributed by atoms with Gasteiger partial charge in [-0.2, -0.15) is 0 Å². The molecular weight excluding hydrogens is 449 g/mol. The average molecular weight is 473 g/mol. The molecule has 3 amide bonds. The SMILES string of the molecule is COc1ccc(N2C[C@@H](COc3ccc(N4C[C@H](CNC(C)=O)OC4=O)cc3F)OC2=O)cc1. The minimum Gasteiger partial charge on any atom is -0.497 e. The summed E-state index contributed by atoms with van der Waals surface area (Å²) in [7, 11) is 1.56. The van der Waals surface area contributed by atoms with Crippen LogP contribution in [0.15, 0.2) is 42.5 Å². The fourth-order valence-corrected chi connectivity index (χ4v) is 3.64. The van der Waals surface area contributed by atoms with E-state index in [0.29, 0.717) is 17.1 Å². The van der Waals surface area contributed by atoms with Crippen molar-refractivity contribution in [3.63, 3.8) is 0 Å². The highest BCUT2D eigenvalue weighted by Gasteiger charge is 2.34. The molecule has 0 bridgehead atoms. The molecule has 2 aliphatic heterocycles. The van der Waals surface area contributed by atoms with Crippen LogP contribution in [0.25, 0.3) is 0 Å². The van der Waals surface area contributed by atoms with Crippen LogP contribution in [0.1, 0.15) is 6.92 Å². The predicted octanol–water partition coefficient (Wildman–Crippen LogP) is 2.70. The Balaban J connectivity index is 1.33. The highest BCUT2D eigenvalue weighted by molar-refractivity contribution is 5.90. The molecule has 1 N–H and O–H groups in total. The summed E-state index contributed by atoms with van der Waals surface area (Å²) in [6, 6.07) is 11.1. The van der Waals surface area contributed by atoms with Crippen LogP contribution in [0.4, 0.5) is 25.4 Å². The molecule has 10 nitrogen and oxygen atoms in total. The van der Waals surface area contributed by atoms with E-state index in [4.69, 9.17) is 18.9 Å². The molecule has 2 atom stereocenters. The second-order valence-electron chi connectivity index (χ2n) is 7.79. The summed E-state index contributed by atoms with van der Waals surface area (Å²) in [5, 5.41) is 2.58. The molecule has 2 aliphatic rings. The zero-order valence-electron chi connectivity index (χ0n) is 18.7. The standard InChI is InChI=1S/C23H24FN3O7/c1-14(28)25-10-18-11-27(23(30)33-18)16-5-8-21(20(24)9-16)32-13-19-12-26(22(29)34-19)15-3-6-17(31-2)7-4-15/h3-9,18-19H,10-13H2,1-2H3,(H,25,28)/t18-,19-/m0/s1. The Kier molecular flexibility index (Phi) is 6.71. The molecule has 11 heteroatoms. The lowest BCUT2D eigenvalue weighted by Crippen LogP contribution is -2.33. The maximum atomic E-state index is 14.7. The molecule has 4 rings (SSSR count). The van der Waals surface area contributed by atoms with Gasteiger partial charge in [-0.3, -0.25) is 14.6 Å². The van der Waals surface area contributed by atoms with Gasteiger partial charge in [-0.1, -0.05) is 0 Å². The molecule has 180 valence electrons. The van der Waals surface area contributed by atoms with Crippen LogP contribution in [0, 0.1) is 5.82 Å². The van der Waals surface area contributed by atoms with Gasteiger partial charge in [0, 0.05) is 18.7 Å². The van der Waals surface area contributed by atoms with Gasteiger partial charge in [0.05, 0.1) is 32.4 Å². The third-order valence-electron chi connectivity index (χ3n) is 5.36. The first-order valence-electron chi connectivity index (χ1n) is 10.6. The highest BCUT2D eigenvalue weighted by atomic mass is 19.1. The Morgan fingerprint density at radius 1 is 1.03 bits per heavy atom. The van der Waals surface area contributed by atoms with Crippen LogP contribution in [0.3, 0.4) is 0 Å². The largest absolute Gasteiger partial charge is 0.497 e. The van der Waals surface area contributed by atoms with Crippen molar-refractivity contribution >= 4 is 29.5 Å². The number of nitrogens with zero attached hydrogens (tertiary/aromatic N) is 2. The number of nitrogens with one attached hydrogen (secondary N) is 1. The minimum absolute atomic E-state index is 0.0370. The molecule has 2 heterocycles. The third kappa shape index (κ3) is 5.13. The summed E-state index contributed by atoms with van der Waals surface area (Å²) in [5.41, 5.74) is 0.955. The molecule has 2 saturated heterocycles. The third-order valence-corrected chi connectivity index (χ3v) is 5.36. The van der Waals surface area contributed by atoms with Crippen molar-refractivity contribution in [1.82, 2.24) is 5.32 Å². The van der Waals surface area contributed by atoms with Gasteiger partial charge < -0.3 is 24.3 Å². The van der Waals surface area contributed by atoms with E-state index < -0.39 is 30.2 Å². The number of halogens is 1. The second kappa shape index (κ2) is 9.86. The molecule has 0 unspecified atom stereocenters.